The highest BCUT2D eigenvalue weighted by Gasteiger charge is 1.99. The molecule has 0 nitrogen and oxygen atoms in total. The maximum absolute atomic E-state index is 4.26. The van der Waals surface area contributed by atoms with Gasteiger partial charge in [-0.25, -0.2) is 0 Å². The van der Waals surface area contributed by atoms with Crippen LogP contribution in [0.3, 0.4) is 0 Å². The fourth-order valence-electron chi connectivity index (χ4n) is 0.692. The molecule has 0 N–H and O–H groups in total. The van der Waals surface area contributed by atoms with Crippen molar-refractivity contribution in [2.45, 2.75) is 11.8 Å². The highest BCUT2D eigenvalue weighted by molar-refractivity contribution is 9.11. The Labute approximate surface area is 82.7 Å². The second-order valence-corrected chi connectivity index (χ2v) is 4.23. The summed E-state index contributed by atoms with van der Waals surface area (Å²) in [5.41, 5.74) is 1.22. The van der Waals surface area contributed by atoms with E-state index < -0.39 is 0 Å². The topological polar surface area (TPSA) is 0 Å². The summed E-state index contributed by atoms with van der Waals surface area (Å²) < 4.78 is 2.06. The van der Waals surface area contributed by atoms with Gasteiger partial charge in [-0.15, -0.1) is 12.6 Å². The third-order valence-electron chi connectivity index (χ3n) is 1.16. The molecule has 0 heterocycles. The molecule has 0 atom stereocenters. The van der Waals surface area contributed by atoms with Gasteiger partial charge in [-0.2, -0.15) is 0 Å². The first-order valence-electron chi connectivity index (χ1n) is 2.76. The molecular weight excluding hydrogens is 276 g/mol. The number of aryl methyl sites for hydroxylation is 1. The van der Waals surface area contributed by atoms with Crippen LogP contribution in [0.25, 0.3) is 0 Å². The van der Waals surface area contributed by atoms with Crippen LogP contribution >= 0.6 is 44.5 Å². The zero-order chi connectivity index (χ0) is 7.72. The van der Waals surface area contributed by atoms with Crippen LogP contribution in [0, 0.1) is 6.92 Å². The van der Waals surface area contributed by atoms with Gasteiger partial charge in [-0.05, 0) is 56.5 Å². The van der Waals surface area contributed by atoms with E-state index in [0.29, 0.717) is 0 Å². The molecule has 54 valence electrons. The minimum absolute atomic E-state index is 0.950. The molecule has 1 rings (SSSR count). The summed E-state index contributed by atoms with van der Waals surface area (Å²) in [6.07, 6.45) is 0. The Kier molecular flexibility index (Phi) is 2.83. The number of benzene rings is 1. The van der Waals surface area contributed by atoms with Crippen molar-refractivity contribution in [3.05, 3.63) is 26.6 Å². The zero-order valence-corrected chi connectivity index (χ0v) is 9.42. The maximum atomic E-state index is 4.26. The maximum Gasteiger partial charge on any atom is 0.0326 e. The Balaban J connectivity index is 3.31. The van der Waals surface area contributed by atoms with Gasteiger partial charge in [-0.1, -0.05) is 0 Å². The summed E-state index contributed by atoms with van der Waals surface area (Å²) in [5.74, 6) is 0. The van der Waals surface area contributed by atoms with E-state index in [1.165, 1.54) is 5.56 Å². The molecule has 0 bridgehead atoms. The summed E-state index contributed by atoms with van der Waals surface area (Å²) in [6, 6.07) is 4.07. The fourth-order valence-corrected chi connectivity index (χ4v) is 2.24. The van der Waals surface area contributed by atoms with Crippen molar-refractivity contribution in [2.24, 2.45) is 0 Å². The van der Waals surface area contributed by atoms with Crippen LogP contribution in [0.5, 0.6) is 0 Å². The smallest absolute Gasteiger partial charge is 0.0326 e. The standard InChI is InChI=1S/C7H6Br2S/c1-4-2-5(8)7(10)6(9)3-4/h2-3,10H,1H3. The van der Waals surface area contributed by atoms with Gasteiger partial charge in [0.1, 0.15) is 0 Å². The van der Waals surface area contributed by atoms with Crippen molar-refractivity contribution >= 4 is 44.5 Å². The van der Waals surface area contributed by atoms with Crippen LogP contribution in [0.15, 0.2) is 26.0 Å². The molecule has 0 saturated carbocycles. The Morgan fingerprint density at radius 2 is 1.60 bits per heavy atom. The largest absolute Gasteiger partial charge is 0.141 e. The molecule has 0 unspecified atom stereocenters. The first kappa shape index (κ1) is 8.62. The third-order valence-corrected chi connectivity index (χ3v) is 3.51. The van der Waals surface area contributed by atoms with Crippen molar-refractivity contribution in [3.63, 3.8) is 0 Å². The van der Waals surface area contributed by atoms with Gasteiger partial charge < -0.3 is 0 Å². The van der Waals surface area contributed by atoms with Crippen molar-refractivity contribution in [2.75, 3.05) is 0 Å². The zero-order valence-electron chi connectivity index (χ0n) is 5.36. The Morgan fingerprint density at radius 3 is 2.00 bits per heavy atom. The molecule has 0 spiro atoms. The average Bonchev–Trinajstić information content (AvgIpc) is 1.82. The molecule has 0 aliphatic rings. The number of halogens is 2. The molecule has 0 aliphatic carbocycles. The van der Waals surface area contributed by atoms with Crippen LogP contribution in [-0.4, -0.2) is 0 Å². The Hall–Kier alpha value is 0.530. The van der Waals surface area contributed by atoms with Crippen LogP contribution in [-0.2, 0) is 0 Å². The number of hydrogen-bond acceptors (Lipinski definition) is 1. The number of rotatable bonds is 0. The molecule has 10 heavy (non-hydrogen) atoms. The lowest BCUT2D eigenvalue weighted by atomic mass is 10.2. The van der Waals surface area contributed by atoms with E-state index in [9.17, 15) is 0 Å². The van der Waals surface area contributed by atoms with Gasteiger partial charge >= 0.3 is 0 Å². The van der Waals surface area contributed by atoms with Gasteiger partial charge in [0.15, 0.2) is 0 Å². The van der Waals surface area contributed by atoms with Crippen LogP contribution < -0.4 is 0 Å². The quantitative estimate of drug-likeness (QED) is 0.687. The lowest BCUT2D eigenvalue weighted by Gasteiger charge is -2.00. The van der Waals surface area contributed by atoms with Crippen molar-refractivity contribution in [3.8, 4) is 0 Å². The van der Waals surface area contributed by atoms with Gasteiger partial charge in [0.2, 0.25) is 0 Å². The van der Waals surface area contributed by atoms with E-state index in [1.54, 1.807) is 0 Å². The molecule has 0 radical (unpaired) electrons. The average molecular weight is 282 g/mol. The molecule has 0 fully saturated rings. The first-order valence-corrected chi connectivity index (χ1v) is 4.79. The number of thiol groups is 1. The van der Waals surface area contributed by atoms with E-state index in [2.05, 4.69) is 44.5 Å². The monoisotopic (exact) mass is 280 g/mol. The van der Waals surface area contributed by atoms with E-state index in [0.717, 1.165) is 13.8 Å². The highest BCUT2D eigenvalue weighted by atomic mass is 79.9. The Morgan fingerprint density at radius 1 is 1.20 bits per heavy atom. The molecule has 3 heteroatoms. The minimum atomic E-state index is 0.950. The predicted octanol–water partition coefficient (Wildman–Crippen LogP) is 3.81. The predicted molar refractivity (Wildman–Crippen MR) is 53.8 cm³/mol. The van der Waals surface area contributed by atoms with Crippen molar-refractivity contribution in [1.82, 2.24) is 0 Å². The second-order valence-electron chi connectivity index (χ2n) is 2.08. The van der Waals surface area contributed by atoms with Gasteiger partial charge in [-0.3, -0.25) is 0 Å². The lowest BCUT2D eigenvalue weighted by molar-refractivity contribution is 1.31. The number of hydrogen-bond donors (Lipinski definition) is 1. The van der Waals surface area contributed by atoms with Crippen molar-refractivity contribution < 1.29 is 0 Å². The minimum Gasteiger partial charge on any atom is -0.141 e. The van der Waals surface area contributed by atoms with E-state index in [1.807, 2.05) is 19.1 Å². The molecule has 0 aliphatic heterocycles. The Bertz CT molecular complexity index is 235. The summed E-state index contributed by atoms with van der Waals surface area (Å²) in [6.45, 7) is 2.04. The van der Waals surface area contributed by atoms with Crippen LogP contribution in [0.4, 0.5) is 0 Å². The fraction of sp³-hybridized carbons (Fsp3) is 0.143. The summed E-state index contributed by atoms with van der Waals surface area (Å²) in [7, 11) is 0. The third kappa shape index (κ3) is 1.77. The molecule has 0 aromatic heterocycles. The highest BCUT2D eigenvalue weighted by Crippen LogP contribution is 2.29. The lowest BCUT2D eigenvalue weighted by Crippen LogP contribution is -1.76. The van der Waals surface area contributed by atoms with Crippen LogP contribution in [0.2, 0.25) is 0 Å². The van der Waals surface area contributed by atoms with Crippen molar-refractivity contribution in [1.29, 1.82) is 0 Å². The first-order chi connectivity index (χ1) is 4.61. The SMILES string of the molecule is Cc1cc(Br)c(S)c(Br)c1. The molecule has 1 aromatic carbocycles. The summed E-state index contributed by atoms with van der Waals surface area (Å²) >= 11 is 11.0. The molecule has 1 aromatic rings. The van der Waals surface area contributed by atoms with E-state index in [4.69, 9.17) is 0 Å². The molecule has 0 amide bonds. The van der Waals surface area contributed by atoms with Crippen LogP contribution in [0.1, 0.15) is 5.56 Å². The van der Waals surface area contributed by atoms with Gasteiger partial charge in [0.25, 0.3) is 0 Å². The molecular formula is C7H6Br2S. The van der Waals surface area contributed by atoms with E-state index >= 15 is 0 Å². The normalized spacial score (nSPS) is 10.0. The second kappa shape index (κ2) is 3.28. The molecule has 0 saturated heterocycles. The van der Waals surface area contributed by atoms with Gasteiger partial charge in [0, 0.05) is 13.8 Å². The summed E-state index contributed by atoms with van der Waals surface area (Å²) in [5, 5.41) is 0. The van der Waals surface area contributed by atoms with Gasteiger partial charge in [0.05, 0.1) is 0 Å². The summed E-state index contributed by atoms with van der Waals surface area (Å²) in [4.78, 5) is 0.950. The van der Waals surface area contributed by atoms with E-state index in [-0.39, 0.29) is 0 Å².